The van der Waals surface area contributed by atoms with Crippen LogP contribution < -0.4 is 16.4 Å². The maximum absolute atomic E-state index is 13.5. The zero-order valence-electron chi connectivity index (χ0n) is 20.2. The summed E-state index contributed by atoms with van der Waals surface area (Å²) in [7, 11) is 0. The zero-order valence-corrected chi connectivity index (χ0v) is 20.2. The molecule has 184 valence electrons. The molecule has 0 spiro atoms. The quantitative estimate of drug-likeness (QED) is 0.540. The lowest BCUT2D eigenvalue weighted by molar-refractivity contribution is -0.141. The van der Waals surface area contributed by atoms with Crippen LogP contribution in [-0.2, 0) is 19.1 Å². The van der Waals surface area contributed by atoms with Crippen LogP contribution >= 0.6 is 0 Å². The average Bonchev–Trinajstić information content (AvgIpc) is 3.25. The fraction of sp³-hybridized carbons (Fsp3) is 0.750. The predicted octanol–water partition coefficient (Wildman–Crippen LogP) is 2.00. The molecule has 4 amide bonds. The van der Waals surface area contributed by atoms with Gasteiger partial charge in [-0.25, -0.2) is 4.79 Å². The molecule has 0 aromatic rings. The third-order valence-electron chi connectivity index (χ3n) is 6.62. The van der Waals surface area contributed by atoms with E-state index in [0.717, 1.165) is 25.7 Å². The van der Waals surface area contributed by atoms with Gasteiger partial charge in [0.25, 0.3) is 0 Å². The second kappa shape index (κ2) is 9.73. The van der Waals surface area contributed by atoms with Crippen molar-refractivity contribution in [2.24, 2.45) is 17.6 Å². The maximum Gasteiger partial charge on any atom is 0.408 e. The summed E-state index contributed by atoms with van der Waals surface area (Å²) in [6.45, 7) is 7.69. The molecule has 9 nitrogen and oxygen atoms in total. The van der Waals surface area contributed by atoms with Crippen molar-refractivity contribution in [1.29, 1.82) is 0 Å². The first kappa shape index (κ1) is 25.1. The van der Waals surface area contributed by atoms with Gasteiger partial charge < -0.3 is 26.0 Å². The van der Waals surface area contributed by atoms with E-state index in [1.54, 1.807) is 25.7 Å². The van der Waals surface area contributed by atoms with E-state index in [1.807, 2.05) is 19.1 Å². The number of nitrogens with one attached hydrogen (secondary N) is 2. The average molecular weight is 463 g/mol. The Morgan fingerprint density at radius 2 is 1.97 bits per heavy atom. The molecule has 2 heterocycles. The number of carbonyl (C=O) groups is 4. The Kier molecular flexibility index (Phi) is 7.39. The highest BCUT2D eigenvalue weighted by atomic mass is 16.6. The number of nitrogens with two attached hydrogens (primary N) is 1. The Hall–Kier alpha value is -2.58. The van der Waals surface area contributed by atoms with E-state index in [-0.39, 0.29) is 23.7 Å². The summed E-state index contributed by atoms with van der Waals surface area (Å²) in [4.78, 5) is 53.0. The van der Waals surface area contributed by atoms with Gasteiger partial charge in [-0.3, -0.25) is 14.4 Å². The van der Waals surface area contributed by atoms with Crippen molar-refractivity contribution in [3.8, 4) is 0 Å². The molecular weight excluding hydrogens is 424 g/mol. The molecule has 4 N–H and O–H groups in total. The first-order valence-corrected chi connectivity index (χ1v) is 12.0. The van der Waals surface area contributed by atoms with Gasteiger partial charge in [0.05, 0.1) is 0 Å². The van der Waals surface area contributed by atoms with E-state index in [9.17, 15) is 19.2 Å². The Labute approximate surface area is 195 Å². The van der Waals surface area contributed by atoms with E-state index in [0.29, 0.717) is 25.8 Å². The molecule has 0 unspecified atom stereocenters. The number of amides is 4. The lowest BCUT2D eigenvalue weighted by atomic mass is 10.0. The molecule has 9 heteroatoms. The van der Waals surface area contributed by atoms with Crippen LogP contribution in [0.15, 0.2) is 12.2 Å². The van der Waals surface area contributed by atoms with E-state index in [4.69, 9.17) is 10.5 Å². The van der Waals surface area contributed by atoms with Gasteiger partial charge in [0.15, 0.2) is 0 Å². The second-order valence-corrected chi connectivity index (χ2v) is 10.7. The number of rotatable bonds is 2. The number of alkyl carbamates (subject to hydrolysis) is 1. The largest absolute Gasteiger partial charge is 0.444 e. The van der Waals surface area contributed by atoms with E-state index in [1.165, 1.54) is 0 Å². The Morgan fingerprint density at radius 3 is 2.64 bits per heavy atom. The van der Waals surface area contributed by atoms with Crippen LogP contribution in [0.4, 0.5) is 4.79 Å². The Morgan fingerprint density at radius 1 is 1.24 bits per heavy atom. The minimum atomic E-state index is -1.08. The monoisotopic (exact) mass is 462 g/mol. The van der Waals surface area contributed by atoms with Crippen molar-refractivity contribution < 1.29 is 23.9 Å². The van der Waals surface area contributed by atoms with Crippen molar-refractivity contribution >= 4 is 23.8 Å². The smallest absolute Gasteiger partial charge is 0.408 e. The fourth-order valence-corrected chi connectivity index (χ4v) is 4.81. The molecule has 0 radical (unpaired) electrons. The van der Waals surface area contributed by atoms with Crippen LogP contribution in [0.3, 0.4) is 0 Å². The molecule has 1 saturated heterocycles. The summed E-state index contributed by atoms with van der Waals surface area (Å²) >= 11 is 0. The van der Waals surface area contributed by atoms with Crippen molar-refractivity contribution in [3.05, 3.63) is 12.2 Å². The first-order chi connectivity index (χ1) is 15.4. The van der Waals surface area contributed by atoms with Crippen molar-refractivity contribution in [3.63, 3.8) is 0 Å². The van der Waals surface area contributed by atoms with Crippen LogP contribution in [0.1, 0.15) is 72.6 Å². The highest BCUT2D eigenvalue weighted by Crippen LogP contribution is 2.45. The maximum atomic E-state index is 13.5. The summed E-state index contributed by atoms with van der Waals surface area (Å²) in [5.74, 6) is -1.21. The number of hydrogen-bond donors (Lipinski definition) is 3. The SMILES string of the molecule is C[C@@H]1C[C@H]2C(=O)N[C@]3(C(N)=O)C[C@H]3/C=C\CCCCC[C@H](NC(=O)OC(C)(C)C)C(=O)N2C1. The molecule has 33 heavy (non-hydrogen) atoms. The molecule has 0 aromatic carbocycles. The molecule has 1 aliphatic carbocycles. The number of carbonyl (C=O) groups excluding carboxylic acids is 4. The topological polar surface area (TPSA) is 131 Å². The summed E-state index contributed by atoms with van der Waals surface area (Å²) < 4.78 is 5.37. The number of hydrogen-bond acceptors (Lipinski definition) is 5. The number of nitrogens with zero attached hydrogens (tertiary/aromatic N) is 1. The Balaban J connectivity index is 1.83. The second-order valence-electron chi connectivity index (χ2n) is 10.7. The molecule has 1 saturated carbocycles. The van der Waals surface area contributed by atoms with E-state index >= 15 is 0 Å². The summed E-state index contributed by atoms with van der Waals surface area (Å²) in [5.41, 5.74) is 3.89. The molecule has 0 bridgehead atoms. The van der Waals surface area contributed by atoms with Gasteiger partial charge >= 0.3 is 6.09 Å². The minimum absolute atomic E-state index is 0.116. The highest BCUT2D eigenvalue weighted by molar-refractivity contribution is 5.97. The lowest BCUT2D eigenvalue weighted by Gasteiger charge is -2.30. The van der Waals surface area contributed by atoms with Crippen LogP contribution in [0.5, 0.6) is 0 Å². The summed E-state index contributed by atoms with van der Waals surface area (Å²) in [5, 5.41) is 5.60. The van der Waals surface area contributed by atoms with Crippen LogP contribution in [0, 0.1) is 11.8 Å². The summed E-state index contributed by atoms with van der Waals surface area (Å²) in [6.07, 6.45) is 8.21. The van der Waals surface area contributed by atoms with Crippen LogP contribution in [0.2, 0.25) is 0 Å². The third kappa shape index (κ3) is 6.06. The molecule has 2 aliphatic heterocycles. The van der Waals surface area contributed by atoms with Gasteiger partial charge in [-0.05, 0) is 58.8 Å². The van der Waals surface area contributed by atoms with Gasteiger partial charge in [0, 0.05) is 12.5 Å². The molecule has 3 aliphatic rings. The molecule has 2 fully saturated rings. The van der Waals surface area contributed by atoms with Crippen molar-refractivity contribution in [1.82, 2.24) is 15.5 Å². The number of ether oxygens (including phenoxy) is 1. The van der Waals surface area contributed by atoms with Crippen molar-refractivity contribution in [2.45, 2.75) is 95.9 Å². The van der Waals surface area contributed by atoms with Crippen LogP contribution in [0.25, 0.3) is 0 Å². The normalized spacial score (nSPS) is 34.1. The lowest BCUT2D eigenvalue weighted by Crippen LogP contribution is -2.57. The van der Waals surface area contributed by atoms with Gasteiger partial charge in [-0.1, -0.05) is 31.9 Å². The molecule has 5 atom stereocenters. The van der Waals surface area contributed by atoms with Crippen LogP contribution in [-0.4, -0.2) is 58.5 Å². The highest BCUT2D eigenvalue weighted by Gasteiger charge is 2.59. The molecule has 3 rings (SSSR count). The number of primary amides is 1. The standard InChI is InChI=1S/C24H38N4O5/c1-15-12-18-19(29)27-24(21(25)31)13-16(24)10-8-6-5-7-9-11-17(20(30)28(18)14-15)26-22(32)33-23(2,3)4/h8,10,15-18H,5-7,9,11-14H2,1-4H3,(H2,25,31)(H,26,32)(H,27,29)/b10-8-/t15-,16-,17+,18+,24-/m1/s1. The van der Waals surface area contributed by atoms with Crippen molar-refractivity contribution in [2.75, 3.05) is 6.54 Å². The van der Waals surface area contributed by atoms with E-state index in [2.05, 4.69) is 10.6 Å². The summed E-state index contributed by atoms with van der Waals surface area (Å²) in [6, 6.07) is -1.48. The fourth-order valence-electron chi connectivity index (χ4n) is 4.81. The predicted molar refractivity (Wildman–Crippen MR) is 123 cm³/mol. The number of fused-ring (bicyclic) bond motifs is 2. The van der Waals surface area contributed by atoms with Gasteiger partial charge in [0.1, 0.15) is 23.2 Å². The Bertz CT molecular complexity index is 820. The van der Waals surface area contributed by atoms with Gasteiger partial charge in [-0.15, -0.1) is 0 Å². The number of allylic oxidation sites excluding steroid dienone is 1. The molecular formula is C24H38N4O5. The van der Waals surface area contributed by atoms with Gasteiger partial charge in [0.2, 0.25) is 17.7 Å². The minimum Gasteiger partial charge on any atom is -0.444 e. The third-order valence-corrected chi connectivity index (χ3v) is 6.62. The molecule has 0 aromatic heterocycles. The first-order valence-electron chi connectivity index (χ1n) is 12.0. The zero-order chi connectivity index (χ0) is 24.4. The van der Waals surface area contributed by atoms with E-state index < -0.39 is 35.2 Å². The van der Waals surface area contributed by atoms with Gasteiger partial charge in [-0.2, -0.15) is 0 Å².